The molecule has 18 heavy (non-hydrogen) atoms. The van der Waals surface area contributed by atoms with E-state index in [1.165, 1.54) is 25.9 Å². The van der Waals surface area contributed by atoms with Gasteiger partial charge in [0.1, 0.15) is 0 Å². The lowest BCUT2D eigenvalue weighted by molar-refractivity contribution is 0.0973. The van der Waals surface area contributed by atoms with Gasteiger partial charge in [-0.15, -0.1) is 10.2 Å². The fourth-order valence-electron chi connectivity index (χ4n) is 3.02. The van der Waals surface area contributed by atoms with E-state index in [0.29, 0.717) is 11.2 Å². The minimum Gasteiger partial charge on any atom is -0.364 e. The van der Waals surface area contributed by atoms with E-state index >= 15 is 0 Å². The van der Waals surface area contributed by atoms with E-state index in [9.17, 15) is 0 Å². The maximum absolute atomic E-state index is 5.98. The number of hydrogen-bond donors (Lipinski definition) is 1. The van der Waals surface area contributed by atoms with Gasteiger partial charge in [-0.1, -0.05) is 11.6 Å². The van der Waals surface area contributed by atoms with Crippen LogP contribution >= 0.6 is 11.6 Å². The van der Waals surface area contributed by atoms with Crippen LogP contribution in [0.4, 0.5) is 5.82 Å². The van der Waals surface area contributed by atoms with Crippen molar-refractivity contribution in [3.63, 3.8) is 0 Å². The van der Waals surface area contributed by atoms with Gasteiger partial charge in [-0.25, -0.2) is 0 Å². The molecule has 4 rings (SSSR count). The summed E-state index contributed by atoms with van der Waals surface area (Å²) in [6, 6.07) is 0.515. The third-order valence-electron chi connectivity index (χ3n) is 4.44. The van der Waals surface area contributed by atoms with Crippen molar-refractivity contribution in [3.05, 3.63) is 16.3 Å². The molecule has 4 nitrogen and oxygen atoms in total. The molecule has 0 aromatic carbocycles. The summed E-state index contributed by atoms with van der Waals surface area (Å²) >= 11 is 5.98. The van der Waals surface area contributed by atoms with Gasteiger partial charge >= 0.3 is 0 Å². The molecular formula is C13H19ClN4. The summed E-state index contributed by atoms with van der Waals surface area (Å²) in [6.45, 7) is 7.70. The van der Waals surface area contributed by atoms with Crippen LogP contribution in [0.5, 0.6) is 0 Å². The van der Waals surface area contributed by atoms with Gasteiger partial charge < -0.3 is 10.2 Å². The molecule has 1 aromatic rings. The standard InChI is InChI=1S/C13H19ClN4/c1-8-9(2)13(17-16-12(8)14)15-11-7-18-5-3-10(11)4-6-18/h10-11H,3-7H2,1-2H3,(H,15,17). The Kier molecular flexibility index (Phi) is 3.16. The van der Waals surface area contributed by atoms with E-state index in [0.717, 1.165) is 29.4 Å². The van der Waals surface area contributed by atoms with Crippen LogP contribution in [0.25, 0.3) is 0 Å². The second-order valence-corrected chi connectivity index (χ2v) is 5.84. The zero-order valence-corrected chi connectivity index (χ0v) is 11.7. The van der Waals surface area contributed by atoms with Crippen LogP contribution in [0, 0.1) is 19.8 Å². The fraction of sp³-hybridized carbons (Fsp3) is 0.692. The Balaban J connectivity index is 1.79. The van der Waals surface area contributed by atoms with Crippen molar-refractivity contribution in [2.45, 2.75) is 32.7 Å². The summed E-state index contributed by atoms with van der Waals surface area (Å²) in [5, 5.41) is 12.3. The molecule has 98 valence electrons. The highest BCUT2D eigenvalue weighted by molar-refractivity contribution is 6.30. The summed E-state index contributed by atoms with van der Waals surface area (Å²) < 4.78 is 0. The van der Waals surface area contributed by atoms with Crippen LogP contribution in [-0.4, -0.2) is 40.8 Å². The molecule has 3 aliphatic rings. The van der Waals surface area contributed by atoms with Gasteiger partial charge in [0.15, 0.2) is 11.0 Å². The van der Waals surface area contributed by atoms with Crippen molar-refractivity contribution in [2.24, 2.45) is 5.92 Å². The molecule has 2 bridgehead atoms. The maximum Gasteiger partial charge on any atom is 0.155 e. The second-order valence-electron chi connectivity index (χ2n) is 5.48. The van der Waals surface area contributed by atoms with Crippen molar-refractivity contribution < 1.29 is 0 Å². The summed E-state index contributed by atoms with van der Waals surface area (Å²) in [4.78, 5) is 2.53. The topological polar surface area (TPSA) is 41.1 Å². The Morgan fingerprint density at radius 1 is 1.17 bits per heavy atom. The third kappa shape index (κ3) is 2.08. The first-order valence-corrected chi connectivity index (χ1v) is 7.01. The third-order valence-corrected chi connectivity index (χ3v) is 4.80. The molecule has 3 fully saturated rings. The molecule has 4 heterocycles. The number of piperidine rings is 3. The fourth-order valence-corrected chi connectivity index (χ4v) is 3.20. The molecule has 0 amide bonds. The van der Waals surface area contributed by atoms with E-state index in [1.54, 1.807) is 0 Å². The van der Waals surface area contributed by atoms with Gasteiger partial charge in [-0.05, 0) is 56.8 Å². The predicted octanol–water partition coefficient (Wildman–Crippen LogP) is 2.25. The van der Waals surface area contributed by atoms with Crippen molar-refractivity contribution in [2.75, 3.05) is 25.0 Å². The average Bonchev–Trinajstić information content (AvgIpc) is 2.41. The predicted molar refractivity (Wildman–Crippen MR) is 73.1 cm³/mol. The summed E-state index contributed by atoms with van der Waals surface area (Å²) in [7, 11) is 0. The Bertz CT molecular complexity index is 455. The minimum absolute atomic E-state index is 0.506. The van der Waals surface area contributed by atoms with Crippen molar-refractivity contribution in [3.8, 4) is 0 Å². The highest BCUT2D eigenvalue weighted by atomic mass is 35.5. The number of fused-ring (bicyclic) bond motifs is 3. The lowest BCUT2D eigenvalue weighted by Crippen LogP contribution is -2.53. The monoisotopic (exact) mass is 266 g/mol. The van der Waals surface area contributed by atoms with E-state index in [2.05, 4.69) is 27.3 Å². The highest BCUT2D eigenvalue weighted by Crippen LogP contribution is 2.30. The van der Waals surface area contributed by atoms with Gasteiger partial charge in [0.25, 0.3) is 0 Å². The van der Waals surface area contributed by atoms with E-state index in [4.69, 9.17) is 11.6 Å². The highest BCUT2D eigenvalue weighted by Gasteiger charge is 2.34. The molecule has 0 spiro atoms. The second kappa shape index (κ2) is 4.67. The molecule has 3 aliphatic heterocycles. The SMILES string of the molecule is Cc1c(Cl)nnc(NC2CN3CCC2CC3)c1C. The smallest absolute Gasteiger partial charge is 0.155 e. The molecule has 0 radical (unpaired) electrons. The maximum atomic E-state index is 5.98. The summed E-state index contributed by atoms with van der Waals surface area (Å²) in [5.74, 6) is 1.68. The lowest BCUT2D eigenvalue weighted by Gasteiger charge is -2.45. The average molecular weight is 267 g/mol. The van der Waals surface area contributed by atoms with Crippen LogP contribution in [-0.2, 0) is 0 Å². The number of rotatable bonds is 2. The van der Waals surface area contributed by atoms with Crippen LogP contribution < -0.4 is 5.32 Å². The van der Waals surface area contributed by atoms with Crippen molar-refractivity contribution >= 4 is 17.4 Å². The van der Waals surface area contributed by atoms with E-state index in [-0.39, 0.29) is 0 Å². The Morgan fingerprint density at radius 2 is 1.89 bits per heavy atom. The lowest BCUT2D eigenvalue weighted by atomic mass is 9.84. The van der Waals surface area contributed by atoms with Gasteiger partial charge in [0.05, 0.1) is 0 Å². The van der Waals surface area contributed by atoms with Crippen LogP contribution in [0.1, 0.15) is 24.0 Å². The number of anilines is 1. The van der Waals surface area contributed by atoms with Crippen LogP contribution in [0.2, 0.25) is 5.15 Å². The minimum atomic E-state index is 0.506. The van der Waals surface area contributed by atoms with Crippen molar-refractivity contribution in [1.82, 2.24) is 15.1 Å². The molecule has 1 N–H and O–H groups in total. The molecule has 0 saturated carbocycles. The van der Waals surface area contributed by atoms with E-state index in [1.807, 2.05) is 6.92 Å². The number of aromatic nitrogens is 2. The summed E-state index contributed by atoms with van der Waals surface area (Å²) in [5.41, 5.74) is 2.14. The Hall–Kier alpha value is -0.870. The Morgan fingerprint density at radius 3 is 2.50 bits per heavy atom. The largest absolute Gasteiger partial charge is 0.364 e. The zero-order valence-electron chi connectivity index (χ0n) is 10.9. The van der Waals surface area contributed by atoms with Gasteiger partial charge in [-0.3, -0.25) is 0 Å². The van der Waals surface area contributed by atoms with E-state index < -0.39 is 0 Å². The van der Waals surface area contributed by atoms with Gasteiger partial charge in [0, 0.05) is 12.6 Å². The first-order chi connectivity index (χ1) is 8.65. The number of nitrogens with one attached hydrogen (secondary N) is 1. The first kappa shape index (κ1) is 12.2. The molecule has 1 aromatic heterocycles. The molecule has 1 unspecified atom stereocenters. The molecule has 1 atom stereocenters. The van der Waals surface area contributed by atoms with Gasteiger partial charge in [0.2, 0.25) is 0 Å². The number of hydrogen-bond acceptors (Lipinski definition) is 4. The zero-order chi connectivity index (χ0) is 12.7. The molecule has 3 saturated heterocycles. The Labute approximate surface area is 113 Å². The number of nitrogens with zero attached hydrogens (tertiary/aromatic N) is 3. The normalized spacial score (nSPS) is 30.5. The quantitative estimate of drug-likeness (QED) is 0.892. The molecular weight excluding hydrogens is 248 g/mol. The van der Waals surface area contributed by atoms with Crippen LogP contribution in [0.3, 0.4) is 0 Å². The molecule has 5 heteroatoms. The van der Waals surface area contributed by atoms with Crippen LogP contribution in [0.15, 0.2) is 0 Å². The van der Waals surface area contributed by atoms with Gasteiger partial charge in [-0.2, -0.15) is 0 Å². The van der Waals surface area contributed by atoms with Crippen molar-refractivity contribution in [1.29, 1.82) is 0 Å². The first-order valence-electron chi connectivity index (χ1n) is 6.63. The summed E-state index contributed by atoms with van der Waals surface area (Å²) in [6.07, 6.45) is 2.60. The number of halogens is 1. The molecule has 0 aliphatic carbocycles.